The fraction of sp³-hybridized carbons (Fsp3) is 0.111. The van der Waals surface area contributed by atoms with Crippen molar-refractivity contribution >= 4 is 17.5 Å². The Morgan fingerprint density at radius 3 is 2.19 bits per heavy atom. The quantitative estimate of drug-likeness (QED) is 0.634. The van der Waals surface area contributed by atoms with Crippen molar-refractivity contribution in [1.82, 2.24) is 0 Å². The highest BCUT2D eigenvalue weighted by molar-refractivity contribution is 6.06. The van der Waals surface area contributed by atoms with E-state index in [1.165, 1.54) is 0 Å². The van der Waals surface area contributed by atoms with Crippen LogP contribution in [0.5, 0.6) is 0 Å². The molecule has 0 radical (unpaired) electrons. The van der Waals surface area contributed by atoms with E-state index in [-0.39, 0.29) is 5.78 Å². The van der Waals surface area contributed by atoms with Gasteiger partial charge in [-0.15, -0.1) is 0 Å². The molecule has 0 atom stereocenters. The highest BCUT2D eigenvalue weighted by Gasteiger charge is 2.01. The lowest BCUT2D eigenvalue weighted by atomic mass is 10.1. The fourth-order valence-electron chi connectivity index (χ4n) is 1.86. The number of anilines is 1. The predicted molar refractivity (Wildman–Crippen MR) is 85.3 cm³/mol. The minimum atomic E-state index is -0.0730. The molecule has 0 saturated heterocycles. The lowest BCUT2D eigenvalue weighted by Crippen LogP contribution is -2.07. The summed E-state index contributed by atoms with van der Waals surface area (Å²) in [6.07, 6.45) is 3.34. The second-order valence-corrected chi connectivity index (χ2v) is 4.87. The number of hydrogen-bond acceptors (Lipinski definition) is 3. The number of hydrogen-bond donors (Lipinski definition) is 0. The Morgan fingerprint density at radius 2 is 1.67 bits per heavy atom. The molecule has 2 rings (SSSR count). The van der Waals surface area contributed by atoms with Gasteiger partial charge in [0.2, 0.25) is 0 Å². The molecular formula is C18H16N2O. The maximum atomic E-state index is 12.0. The Kier molecular flexibility index (Phi) is 4.53. The third kappa shape index (κ3) is 3.80. The summed E-state index contributed by atoms with van der Waals surface area (Å²) >= 11 is 0. The average molecular weight is 276 g/mol. The van der Waals surface area contributed by atoms with Gasteiger partial charge in [0.25, 0.3) is 0 Å². The van der Waals surface area contributed by atoms with Gasteiger partial charge in [0.1, 0.15) is 0 Å². The third-order valence-corrected chi connectivity index (χ3v) is 3.14. The maximum absolute atomic E-state index is 12.0. The maximum Gasteiger partial charge on any atom is 0.185 e. The van der Waals surface area contributed by atoms with Crippen molar-refractivity contribution in [3.05, 3.63) is 71.3 Å². The molecule has 0 fully saturated rings. The number of ketones is 1. The van der Waals surface area contributed by atoms with E-state index in [4.69, 9.17) is 5.26 Å². The van der Waals surface area contributed by atoms with Gasteiger partial charge in [-0.05, 0) is 48.0 Å². The zero-order valence-corrected chi connectivity index (χ0v) is 12.1. The summed E-state index contributed by atoms with van der Waals surface area (Å²) in [7, 11) is 3.97. The van der Waals surface area contributed by atoms with Crippen molar-refractivity contribution in [3.63, 3.8) is 0 Å². The van der Waals surface area contributed by atoms with Crippen LogP contribution >= 0.6 is 0 Å². The summed E-state index contributed by atoms with van der Waals surface area (Å²) in [4.78, 5) is 14.0. The summed E-state index contributed by atoms with van der Waals surface area (Å²) in [6.45, 7) is 0. The molecule has 0 N–H and O–H groups in total. The Bertz CT molecular complexity index is 689. The van der Waals surface area contributed by atoms with Crippen molar-refractivity contribution in [3.8, 4) is 6.07 Å². The third-order valence-electron chi connectivity index (χ3n) is 3.14. The van der Waals surface area contributed by atoms with Crippen molar-refractivity contribution in [2.75, 3.05) is 19.0 Å². The van der Waals surface area contributed by atoms with Crippen LogP contribution < -0.4 is 4.90 Å². The summed E-state index contributed by atoms with van der Waals surface area (Å²) < 4.78 is 0. The van der Waals surface area contributed by atoms with Gasteiger partial charge in [-0.1, -0.05) is 18.2 Å². The first-order chi connectivity index (χ1) is 10.1. The molecule has 0 spiro atoms. The largest absolute Gasteiger partial charge is 0.378 e. The van der Waals surface area contributed by atoms with Crippen LogP contribution in [0.25, 0.3) is 6.08 Å². The molecule has 0 unspecified atom stereocenters. The Balaban J connectivity index is 2.09. The monoisotopic (exact) mass is 276 g/mol. The van der Waals surface area contributed by atoms with E-state index in [1.807, 2.05) is 49.3 Å². The van der Waals surface area contributed by atoms with Crippen LogP contribution in [0.15, 0.2) is 54.6 Å². The van der Waals surface area contributed by atoms with E-state index < -0.39 is 0 Å². The highest BCUT2D eigenvalue weighted by atomic mass is 16.1. The Morgan fingerprint density at radius 1 is 1.05 bits per heavy atom. The number of rotatable bonds is 4. The van der Waals surface area contributed by atoms with Crippen molar-refractivity contribution in [1.29, 1.82) is 5.26 Å². The molecule has 0 aliphatic carbocycles. The van der Waals surface area contributed by atoms with Crippen LogP contribution in [0, 0.1) is 11.3 Å². The normalized spacial score (nSPS) is 10.3. The first-order valence-electron chi connectivity index (χ1n) is 6.60. The highest BCUT2D eigenvalue weighted by Crippen LogP contribution is 2.13. The van der Waals surface area contributed by atoms with Gasteiger partial charge in [0.05, 0.1) is 11.6 Å². The predicted octanol–water partition coefficient (Wildman–Crippen LogP) is 3.52. The Hall–Kier alpha value is -2.86. The van der Waals surface area contributed by atoms with E-state index >= 15 is 0 Å². The lowest BCUT2D eigenvalue weighted by molar-refractivity contribution is 0.104. The first kappa shape index (κ1) is 14.5. The van der Waals surface area contributed by atoms with E-state index in [0.717, 1.165) is 11.3 Å². The smallest absolute Gasteiger partial charge is 0.185 e. The fourth-order valence-corrected chi connectivity index (χ4v) is 1.86. The molecule has 0 aliphatic rings. The minimum Gasteiger partial charge on any atom is -0.378 e. The number of nitriles is 1. The number of carbonyl (C=O) groups excluding carboxylic acids is 1. The second-order valence-electron chi connectivity index (χ2n) is 4.87. The number of nitrogens with zero attached hydrogens (tertiary/aromatic N) is 2. The minimum absolute atomic E-state index is 0.0730. The average Bonchev–Trinajstić information content (AvgIpc) is 2.53. The van der Waals surface area contributed by atoms with Gasteiger partial charge in [0, 0.05) is 25.3 Å². The summed E-state index contributed by atoms with van der Waals surface area (Å²) in [6, 6.07) is 16.6. The summed E-state index contributed by atoms with van der Waals surface area (Å²) in [5.74, 6) is -0.0730. The zero-order valence-electron chi connectivity index (χ0n) is 12.1. The molecule has 21 heavy (non-hydrogen) atoms. The molecule has 104 valence electrons. The molecule has 0 aromatic heterocycles. The molecule has 2 aromatic rings. The lowest BCUT2D eigenvalue weighted by Gasteiger charge is -2.11. The molecule has 0 aliphatic heterocycles. The van der Waals surface area contributed by atoms with Gasteiger partial charge < -0.3 is 4.90 Å². The van der Waals surface area contributed by atoms with Crippen LogP contribution in [-0.2, 0) is 0 Å². The van der Waals surface area contributed by atoms with Crippen LogP contribution in [0.4, 0.5) is 5.69 Å². The Labute approximate surface area is 124 Å². The second kappa shape index (κ2) is 6.53. The summed E-state index contributed by atoms with van der Waals surface area (Å²) in [5, 5.41) is 8.73. The molecule has 0 bridgehead atoms. The molecule has 3 nitrogen and oxygen atoms in total. The van der Waals surface area contributed by atoms with Gasteiger partial charge >= 0.3 is 0 Å². The number of allylic oxidation sites excluding steroid dienone is 1. The van der Waals surface area contributed by atoms with E-state index in [1.54, 1.807) is 36.4 Å². The zero-order chi connectivity index (χ0) is 15.2. The SMILES string of the molecule is CN(C)c1ccc(/C=C/C(=O)c2ccc(C#N)cc2)cc1. The molecule has 3 heteroatoms. The van der Waals surface area contributed by atoms with E-state index in [0.29, 0.717) is 11.1 Å². The first-order valence-corrected chi connectivity index (χ1v) is 6.60. The van der Waals surface area contributed by atoms with Crippen LogP contribution in [0.2, 0.25) is 0 Å². The van der Waals surface area contributed by atoms with Gasteiger partial charge in [-0.25, -0.2) is 0 Å². The van der Waals surface area contributed by atoms with E-state index in [2.05, 4.69) is 0 Å². The molecule has 2 aromatic carbocycles. The van der Waals surface area contributed by atoms with Crippen LogP contribution in [0.3, 0.4) is 0 Å². The molecule has 0 heterocycles. The van der Waals surface area contributed by atoms with Gasteiger partial charge in [-0.3, -0.25) is 4.79 Å². The van der Waals surface area contributed by atoms with Crippen LogP contribution in [0.1, 0.15) is 21.5 Å². The van der Waals surface area contributed by atoms with E-state index in [9.17, 15) is 4.79 Å². The van der Waals surface area contributed by atoms with Gasteiger partial charge in [-0.2, -0.15) is 5.26 Å². The number of benzene rings is 2. The standard InChI is InChI=1S/C18H16N2O/c1-20(2)17-10-5-14(6-11-17)7-12-18(21)16-8-3-15(13-19)4-9-16/h3-12H,1-2H3/b12-7+. The number of carbonyl (C=O) groups is 1. The van der Waals surface area contributed by atoms with Crippen molar-refractivity contribution in [2.24, 2.45) is 0 Å². The van der Waals surface area contributed by atoms with Gasteiger partial charge in [0.15, 0.2) is 5.78 Å². The van der Waals surface area contributed by atoms with Crippen molar-refractivity contribution < 1.29 is 4.79 Å². The molecule has 0 amide bonds. The molecular weight excluding hydrogens is 260 g/mol. The molecule has 0 saturated carbocycles. The van der Waals surface area contributed by atoms with Crippen LogP contribution in [-0.4, -0.2) is 19.9 Å². The topological polar surface area (TPSA) is 44.1 Å². The van der Waals surface area contributed by atoms with Crippen molar-refractivity contribution in [2.45, 2.75) is 0 Å². The summed E-state index contributed by atoms with van der Waals surface area (Å²) in [5.41, 5.74) is 3.22.